The molecule has 1 saturated heterocycles. The van der Waals surface area contributed by atoms with Gasteiger partial charge in [-0.15, -0.1) is 0 Å². The molecule has 5 aromatic rings. The predicted octanol–water partition coefficient (Wildman–Crippen LogP) is 6.16. The molecule has 7 nitrogen and oxygen atoms in total. The van der Waals surface area contributed by atoms with Crippen LogP contribution in [0.25, 0.3) is 22.0 Å². The maximum absolute atomic E-state index is 14.6. The Hall–Kier alpha value is -4.77. The van der Waals surface area contributed by atoms with Crippen LogP contribution in [0.1, 0.15) is 11.1 Å². The van der Waals surface area contributed by atoms with Crippen LogP contribution in [0.15, 0.2) is 90.0 Å². The van der Waals surface area contributed by atoms with Crippen LogP contribution in [0, 0.1) is 5.82 Å². The molecule has 1 fully saturated rings. The molecule has 220 valence electrons. The van der Waals surface area contributed by atoms with E-state index in [-0.39, 0.29) is 16.9 Å². The van der Waals surface area contributed by atoms with Crippen LogP contribution in [0.2, 0.25) is 0 Å². The number of likely N-dealkylation sites (N-methyl/N-ethyl adjacent to an activating group) is 1. The van der Waals surface area contributed by atoms with Gasteiger partial charge in [-0.2, -0.15) is 13.2 Å². The highest BCUT2D eigenvalue weighted by Gasteiger charge is 2.31. The number of fused-ring (bicyclic) bond motifs is 1. The van der Waals surface area contributed by atoms with Gasteiger partial charge in [0, 0.05) is 61.1 Å². The van der Waals surface area contributed by atoms with E-state index in [4.69, 9.17) is 0 Å². The van der Waals surface area contributed by atoms with Gasteiger partial charge in [0.05, 0.1) is 23.0 Å². The first-order valence-electron chi connectivity index (χ1n) is 13.8. The molecule has 2 aromatic heterocycles. The number of alkyl halides is 3. The normalized spacial score (nSPS) is 14.3. The summed E-state index contributed by atoms with van der Waals surface area (Å²) in [4.78, 5) is 27.1. The molecule has 0 aliphatic carbocycles. The Bertz CT molecular complexity index is 1820. The number of nitrogens with zero attached hydrogens (tertiary/aromatic N) is 5. The number of anilines is 3. The number of piperazine rings is 1. The third kappa shape index (κ3) is 6.07. The summed E-state index contributed by atoms with van der Waals surface area (Å²) in [6, 6.07) is 19.3. The molecule has 0 atom stereocenters. The van der Waals surface area contributed by atoms with Crippen molar-refractivity contribution in [2.75, 3.05) is 43.4 Å². The average molecular weight is 589 g/mol. The molecule has 1 N–H and O–H groups in total. The van der Waals surface area contributed by atoms with Gasteiger partial charge in [-0.1, -0.05) is 30.3 Å². The molecule has 43 heavy (non-hydrogen) atoms. The summed E-state index contributed by atoms with van der Waals surface area (Å²) in [6.45, 7) is 3.52. The summed E-state index contributed by atoms with van der Waals surface area (Å²) in [7, 11) is 2.11. The lowest BCUT2D eigenvalue weighted by Crippen LogP contribution is -2.44. The van der Waals surface area contributed by atoms with Gasteiger partial charge in [0.2, 0.25) is 5.95 Å². The lowest BCUT2D eigenvalue weighted by Gasteiger charge is -2.34. The Morgan fingerprint density at radius 1 is 0.930 bits per heavy atom. The van der Waals surface area contributed by atoms with Crippen molar-refractivity contribution in [1.29, 1.82) is 0 Å². The van der Waals surface area contributed by atoms with Crippen molar-refractivity contribution in [3.05, 3.63) is 112 Å². The fourth-order valence-corrected chi connectivity index (χ4v) is 5.19. The molecular formula is C32H28F4N6O. The number of hydrogen-bond donors (Lipinski definition) is 1. The fraction of sp³-hybridized carbons (Fsp3) is 0.219. The summed E-state index contributed by atoms with van der Waals surface area (Å²) in [5.74, 6) is -0.561. The second-order valence-corrected chi connectivity index (χ2v) is 10.6. The number of nitrogens with one attached hydrogen (secondary N) is 1. The number of rotatable bonds is 6. The SMILES string of the molecule is CN1CCN(c2ccc(Nc3ncc4c(=O)n(Cc5cc(C(F)(F)F)ccc5F)cc(-c5ccccc5)c4n3)cc2)CC1. The van der Waals surface area contributed by atoms with Crippen molar-refractivity contribution in [3.63, 3.8) is 0 Å². The molecule has 0 saturated carbocycles. The van der Waals surface area contributed by atoms with E-state index >= 15 is 0 Å². The first-order valence-corrected chi connectivity index (χ1v) is 13.8. The number of pyridine rings is 1. The third-order valence-electron chi connectivity index (χ3n) is 7.61. The topological polar surface area (TPSA) is 66.3 Å². The summed E-state index contributed by atoms with van der Waals surface area (Å²) in [5, 5.41) is 3.36. The second-order valence-electron chi connectivity index (χ2n) is 10.6. The van der Waals surface area contributed by atoms with Crippen molar-refractivity contribution in [2.24, 2.45) is 0 Å². The maximum Gasteiger partial charge on any atom is 0.416 e. The highest BCUT2D eigenvalue weighted by molar-refractivity contribution is 5.93. The smallest absolute Gasteiger partial charge is 0.369 e. The zero-order valence-corrected chi connectivity index (χ0v) is 23.3. The molecule has 3 aromatic carbocycles. The van der Waals surface area contributed by atoms with Crippen LogP contribution >= 0.6 is 0 Å². The average Bonchev–Trinajstić information content (AvgIpc) is 3.00. The van der Waals surface area contributed by atoms with E-state index in [0.717, 1.165) is 55.2 Å². The molecule has 0 amide bonds. The van der Waals surface area contributed by atoms with E-state index < -0.39 is 29.7 Å². The van der Waals surface area contributed by atoms with Crippen molar-refractivity contribution in [1.82, 2.24) is 19.4 Å². The first kappa shape index (κ1) is 28.4. The molecule has 6 rings (SSSR count). The van der Waals surface area contributed by atoms with Gasteiger partial charge in [-0.05, 0) is 55.1 Å². The van der Waals surface area contributed by atoms with E-state index in [1.807, 2.05) is 54.6 Å². The fourth-order valence-electron chi connectivity index (χ4n) is 5.19. The van der Waals surface area contributed by atoms with Crippen LogP contribution < -0.4 is 15.8 Å². The second kappa shape index (κ2) is 11.5. The minimum atomic E-state index is -4.64. The molecule has 0 radical (unpaired) electrons. The standard InChI is InChI=1S/C32H28F4N6O/c1-40-13-15-41(16-14-40)25-10-8-24(9-11-25)38-31-37-18-26-29(39-31)27(21-5-3-2-4-6-21)20-42(30(26)43)19-22-17-23(32(34,35)36)7-12-28(22)33/h2-12,17-18,20H,13-16,19H2,1H3,(H,37,38,39). The molecule has 0 bridgehead atoms. The minimum Gasteiger partial charge on any atom is -0.369 e. The van der Waals surface area contributed by atoms with Gasteiger partial charge in [0.15, 0.2) is 0 Å². The van der Waals surface area contributed by atoms with E-state index in [1.165, 1.54) is 17.0 Å². The predicted molar refractivity (Wildman–Crippen MR) is 159 cm³/mol. The van der Waals surface area contributed by atoms with Gasteiger partial charge in [0.1, 0.15) is 5.82 Å². The van der Waals surface area contributed by atoms with Crippen molar-refractivity contribution < 1.29 is 17.6 Å². The molecular weight excluding hydrogens is 560 g/mol. The number of halogens is 4. The van der Waals surface area contributed by atoms with E-state index in [0.29, 0.717) is 17.1 Å². The van der Waals surface area contributed by atoms with Gasteiger partial charge in [-0.25, -0.2) is 14.4 Å². The largest absolute Gasteiger partial charge is 0.416 e. The van der Waals surface area contributed by atoms with Crippen molar-refractivity contribution in [3.8, 4) is 11.1 Å². The van der Waals surface area contributed by atoms with Crippen molar-refractivity contribution in [2.45, 2.75) is 12.7 Å². The summed E-state index contributed by atoms with van der Waals surface area (Å²) in [5.41, 5.74) is 1.75. The lowest BCUT2D eigenvalue weighted by molar-refractivity contribution is -0.137. The van der Waals surface area contributed by atoms with Crippen LogP contribution in [0.4, 0.5) is 34.9 Å². The van der Waals surface area contributed by atoms with Gasteiger partial charge in [0.25, 0.3) is 5.56 Å². The first-order chi connectivity index (χ1) is 20.7. The molecule has 0 spiro atoms. The van der Waals surface area contributed by atoms with Gasteiger partial charge < -0.3 is 19.7 Å². The number of hydrogen-bond acceptors (Lipinski definition) is 6. The van der Waals surface area contributed by atoms with E-state index in [2.05, 4.69) is 32.1 Å². The molecule has 1 aliphatic heterocycles. The van der Waals surface area contributed by atoms with Crippen LogP contribution in [0.3, 0.4) is 0 Å². The highest BCUT2D eigenvalue weighted by atomic mass is 19.4. The zero-order chi connectivity index (χ0) is 30.1. The number of aromatic nitrogens is 3. The monoisotopic (exact) mass is 588 g/mol. The van der Waals surface area contributed by atoms with Gasteiger partial charge in [-0.3, -0.25) is 4.79 Å². The molecule has 11 heteroatoms. The minimum absolute atomic E-state index is 0.157. The Kier molecular flexibility index (Phi) is 7.57. The molecule has 0 unspecified atom stereocenters. The Labute approximate surface area is 245 Å². The van der Waals surface area contributed by atoms with Crippen LogP contribution in [-0.2, 0) is 12.7 Å². The summed E-state index contributed by atoms with van der Waals surface area (Å²) < 4.78 is 55.7. The highest BCUT2D eigenvalue weighted by Crippen LogP contribution is 2.31. The summed E-state index contributed by atoms with van der Waals surface area (Å²) >= 11 is 0. The molecule has 3 heterocycles. The Morgan fingerprint density at radius 2 is 1.65 bits per heavy atom. The van der Waals surface area contributed by atoms with Gasteiger partial charge >= 0.3 is 6.18 Å². The Morgan fingerprint density at radius 3 is 2.35 bits per heavy atom. The van der Waals surface area contributed by atoms with E-state index in [1.54, 1.807) is 0 Å². The lowest BCUT2D eigenvalue weighted by atomic mass is 10.0. The quantitative estimate of drug-likeness (QED) is 0.240. The number of benzene rings is 3. The zero-order valence-electron chi connectivity index (χ0n) is 23.3. The third-order valence-corrected chi connectivity index (χ3v) is 7.61. The summed E-state index contributed by atoms with van der Waals surface area (Å²) in [6.07, 6.45) is -1.76. The Balaban J connectivity index is 1.35. The van der Waals surface area contributed by atoms with Crippen LogP contribution in [0.5, 0.6) is 0 Å². The van der Waals surface area contributed by atoms with E-state index in [9.17, 15) is 22.4 Å². The van der Waals surface area contributed by atoms with Crippen molar-refractivity contribution >= 4 is 28.2 Å². The maximum atomic E-state index is 14.6. The molecule has 1 aliphatic rings. The van der Waals surface area contributed by atoms with Crippen LogP contribution in [-0.4, -0.2) is 52.7 Å².